The van der Waals surface area contributed by atoms with E-state index in [1.54, 1.807) is 13.0 Å². The van der Waals surface area contributed by atoms with E-state index in [1.165, 1.54) is 18.2 Å². The minimum absolute atomic E-state index is 0.000724. The summed E-state index contributed by atoms with van der Waals surface area (Å²) in [5.74, 6) is -2.49. The van der Waals surface area contributed by atoms with Crippen molar-refractivity contribution in [2.75, 3.05) is 11.9 Å². The van der Waals surface area contributed by atoms with Crippen LogP contribution in [-0.2, 0) is 14.8 Å². The molecule has 1 aliphatic carbocycles. The van der Waals surface area contributed by atoms with Crippen LogP contribution in [0.2, 0.25) is 0 Å². The first-order valence-electron chi connectivity index (χ1n) is 10.5. The number of amides is 1. The first kappa shape index (κ1) is 22.2. The van der Waals surface area contributed by atoms with E-state index < -0.39 is 27.6 Å². The average molecular weight is 463 g/mol. The minimum atomic E-state index is -4.06. The van der Waals surface area contributed by atoms with Crippen molar-refractivity contribution < 1.29 is 22.0 Å². The van der Waals surface area contributed by atoms with Crippen LogP contribution >= 0.6 is 0 Å². The van der Waals surface area contributed by atoms with Crippen molar-refractivity contribution in [2.24, 2.45) is 4.99 Å². The second-order valence-corrected chi connectivity index (χ2v) is 9.67. The third-order valence-corrected chi connectivity index (χ3v) is 7.21. The van der Waals surface area contributed by atoms with E-state index in [2.05, 4.69) is 20.3 Å². The Labute approximate surface area is 185 Å². The minimum Gasteiger partial charge on any atom is -0.352 e. The second kappa shape index (κ2) is 8.85. The van der Waals surface area contributed by atoms with Gasteiger partial charge in [-0.05, 0) is 36.6 Å². The zero-order chi connectivity index (χ0) is 22.9. The molecule has 0 unspecified atom stereocenters. The number of aliphatic imine (C=N–C) groups is 1. The predicted octanol–water partition coefficient (Wildman–Crippen LogP) is 3.24. The van der Waals surface area contributed by atoms with Gasteiger partial charge in [-0.2, -0.15) is 0 Å². The summed E-state index contributed by atoms with van der Waals surface area (Å²) in [7, 11) is -4.06. The van der Waals surface area contributed by atoms with Gasteiger partial charge in [-0.3, -0.25) is 4.79 Å². The van der Waals surface area contributed by atoms with Crippen molar-refractivity contribution in [2.45, 2.75) is 49.5 Å². The first-order valence-corrected chi connectivity index (χ1v) is 11.9. The number of hydrogen-bond acceptors (Lipinski definition) is 4. The lowest BCUT2D eigenvalue weighted by molar-refractivity contribution is -0.120. The zero-order valence-electron chi connectivity index (χ0n) is 17.5. The van der Waals surface area contributed by atoms with Crippen LogP contribution in [0.5, 0.6) is 0 Å². The lowest BCUT2D eigenvalue weighted by Crippen LogP contribution is -2.42. The van der Waals surface area contributed by atoms with Crippen molar-refractivity contribution in [3.63, 3.8) is 0 Å². The fraction of sp³-hybridized carbons (Fsp3) is 0.364. The van der Waals surface area contributed by atoms with Crippen LogP contribution in [0.15, 0.2) is 46.3 Å². The molecule has 1 amide bonds. The largest absolute Gasteiger partial charge is 0.352 e. The second-order valence-electron chi connectivity index (χ2n) is 8.02. The maximum Gasteiger partial charge on any atom is 0.266 e. The summed E-state index contributed by atoms with van der Waals surface area (Å²) in [5, 5.41) is 5.67. The Morgan fingerprint density at radius 1 is 1.16 bits per heavy atom. The number of benzene rings is 2. The molecule has 32 heavy (non-hydrogen) atoms. The molecular formula is C22H24F2N4O3S. The van der Waals surface area contributed by atoms with Crippen molar-refractivity contribution in [1.82, 2.24) is 10.0 Å². The molecule has 0 saturated heterocycles. The number of carbonyl (C=O) groups excluding carboxylic acids is 1. The quantitative estimate of drug-likeness (QED) is 0.635. The summed E-state index contributed by atoms with van der Waals surface area (Å²) in [6.45, 7) is 1.31. The van der Waals surface area contributed by atoms with Crippen LogP contribution in [0.3, 0.4) is 0 Å². The molecule has 1 fully saturated rings. The number of nitrogens with one attached hydrogen (secondary N) is 3. The molecular weight excluding hydrogens is 438 g/mol. The third kappa shape index (κ3) is 4.45. The normalized spacial score (nSPS) is 19.7. The molecule has 0 aromatic heterocycles. The molecule has 0 spiro atoms. The first-order chi connectivity index (χ1) is 15.3. The maximum absolute atomic E-state index is 14.9. The monoisotopic (exact) mass is 462 g/mol. The zero-order valence-corrected chi connectivity index (χ0v) is 18.3. The summed E-state index contributed by atoms with van der Waals surface area (Å²) in [5.41, 5.74) is 0.210. The number of guanidine groups is 1. The molecule has 2 aromatic rings. The lowest BCUT2D eigenvalue weighted by atomic mass is 9.91. The highest BCUT2D eigenvalue weighted by molar-refractivity contribution is 7.90. The Kier molecular flexibility index (Phi) is 6.14. The number of nitrogens with zero attached hydrogens (tertiary/aromatic N) is 1. The molecule has 1 aliphatic heterocycles. The molecule has 1 heterocycles. The molecule has 2 aliphatic rings. The molecule has 2 aromatic carbocycles. The van der Waals surface area contributed by atoms with Gasteiger partial charge >= 0.3 is 0 Å². The molecule has 4 rings (SSSR count). The number of anilines is 1. The van der Waals surface area contributed by atoms with Crippen molar-refractivity contribution in [1.29, 1.82) is 0 Å². The highest BCUT2D eigenvalue weighted by atomic mass is 32.2. The van der Waals surface area contributed by atoms with Crippen molar-refractivity contribution in [3.05, 3.63) is 59.2 Å². The molecule has 3 N–H and O–H groups in total. The van der Waals surface area contributed by atoms with Gasteiger partial charge in [-0.1, -0.05) is 38.0 Å². The number of halogens is 2. The number of sulfonamides is 1. The van der Waals surface area contributed by atoms with E-state index in [1.807, 2.05) is 0 Å². The Balaban J connectivity index is 1.65. The SMILES string of the molecule is C[C@H](c1ccccc1F)c1c(F)ccc2c1NC(=NCC(=O)NC1CCCC1)NS2(=O)=O. The third-order valence-electron chi connectivity index (χ3n) is 5.82. The van der Waals surface area contributed by atoms with Crippen LogP contribution in [0, 0.1) is 11.6 Å². The van der Waals surface area contributed by atoms with E-state index >= 15 is 0 Å². The molecule has 7 nitrogen and oxygen atoms in total. The van der Waals surface area contributed by atoms with Crippen molar-refractivity contribution in [3.8, 4) is 0 Å². The summed E-state index contributed by atoms with van der Waals surface area (Å²) in [6.07, 6.45) is 3.95. The Morgan fingerprint density at radius 2 is 1.88 bits per heavy atom. The predicted molar refractivity (Wildman–Crippen MR) is 117 cm³/mol. The van der Waals surface area contributed by atoms with Gasteiger partial charge in [0.15, 0.2) is 0 Å². The van der Waals surface area contributed by atoms with Gasteiger partial charge in [-0.15, -0.1) is 0 Å². The van der Waals surface area contributed by atoms with Crippen LogP contribution in [0.4, 0.5) is 14.5 Å². The van der Waals surface area contributed by atoms with Gasteiger partial charge in [0.05, 0.1) is 5.69 Å². The van der Waals surface area contributed by atoms with Gasteiger partial charge in [0.1, 0.15) is 23.1 Å². The van der Waals surface area contributed by atoms with E-state index in [0.717, 1.165) is 37.8 Å². The fourth-order valence-corrected chi connectivity index (χ4v) is 5.38. The van der Waals surface area contributed by atoms with Crippen LogP contribution in [0.1, 0.15) is 49.7 Å². The lowest BCUT2D eigenvalue weighted by Gasteiger charge is -2.26. The van der Waals surface area contributed by atoms with Crippen LogP contribution in [-0.4, -0.2) is 32.9 Å². The average Bonchev–Trinajstić information content (AvgIpc) is 3.24. The maximum atomic E-state index is 14.9. The summed E-state index contributed by atoms with van der Waals surface area (Å²) in [6, 6.07) is 8.24. The van der Waals surface area contributed by atoms with Crippen LogP contribution in [0.25, 0.3) is 0 Å². The topological polar surface area (TPSA) is 99.7 Å². The molecule has 10 heteroatoms. The standard InChI is InChI=1S/C22H24F2N4O3S/c1-13(15-8-4-5-9-16(15)23)20-17(24)10-11-18-21(20)27-22(28-32(18,30)31)25-12-19(29)26-14-6-2-3-7-14/h4-5,8-11,13-14H,2-3,6-7,12H2,1H3,(H,26,29)(H2,25,27,28)/t13-/m1/s1. The van der Waals surface area contributed by atoms with Crippen molar-refractivity contribution >= 4 is 27.6 Å². The summed E-state index contributed by atoms with van der Waals surface area (Å²) in [4.78, 5) is 16.0. The van der Waals surface area contributed by atoms with Gasteiger partial charge in [-0.25, -0.2) is 26.9 Å². The summed E-state index contributed by atoms with van der Waals surface area (Å²) >= 11 is 0. The van der Waals surface area contributed by atoms with Gasteiger partial charge in [0.2, 0.25) is 11.9 Å². The number of carbonyl (C=O) groups is 1. The Morgan fingerprint density at radius 3 is 2.59 bits per heavy atom. The fourth-order valence-electron chi connectivity index (χ4n) is 4.22. The molecule has 1 saturated carbocycles. The molecule has 1 atom stereocenters. The van der Waals surface area contributed by atoms with Crippen LogP contribution < -0.4 is 15.4 Å². The van der Waals surface area contributed by atoms with E-state index in [9.17, 15) is 22.0 Å². The Hall–Kier alpha value is -3.01. The highest BCUT2D eigenvalue weighted by Gasteiger charge is 2.32. The Bertz CT molecular complexity index is 1180. The molecule has 0 bridgehead atoms. The van der Waals surface area contributed by atoms with Gasteiger partial charge in [0.25, 0.3) is 10.0 Å². The number of rotatable bonds is 5. The van der Waals surface area contributed by atoms with Gasteiger partial charge < -0.3 is 10.6 Å². The number of fused-ring (bicyclic) bond motifs is 1. The summed E-state index contributed by atoms with van der Waals surface area (Å²) < 4.78 is 57.0. The highest BCUT2D eigenvalue weighted by Crippen LogP contribution is 2.38. The molecule has 170 valence electrons. The van der Waals surface area contributed by atoms with E-state index in [4.69, 9.17) is 0 Å². The van der Waals surface area contributed by atoms with Gasteiger partial charge in [0, 0.05) is 17.5 Å². The number of hydrogen-bond donors (Lipinski definition) is 3. The van der Waals surface area contributed by atoms with E-state index in [-0.39, 0.29) is 46.2 Å². The molecule has 0 radical (unpaired) electrons. The van der Waals surface area contributed by atoms with E-state index in [0.29, 0.717) is 0 Å². The smallest absolute Gasteiger partial charge is 0.266 e.